The second-order valence-corrected chi connectivity index (χ2v) is 6.44. The Bertz CT molecular complexity index is 756. The number of methoxy groups -OCH3 is 1. The summed E-state index contributed by atoms with van der Waals surface area (Å²) in [5.74, 6) is 0.152. The summed E-state index contributed by atoms with van der Waals surface area (Å²) >= 11 is 0. The number of benzene rings is 2. The average molecular weight is 396 g/mol. The smallest absolute Gasteiger partial charge is 0.493 e. The molecule has 8 heteroatoms. The van der Waals surface area contributed by atoms with E-state index in [-0.39, 0.29) is 30.3 Å². The van der Waals surface area contributed by atoms with E-state index in [1.165, 1.54) is 30.9 Å². The maximum absolute atomic E-state index is 12.4. The van der Waals surface area contributed by atoms with Crippen LogP contribution in [0.3, 0.4) is 0 Å². The second-order valence-electron chi connectivity index (χ2n) is 6.44. The number of alkyl halides is 3. The normalized spacial score (nSPS) is 19.9. The first-order chi connectivity index (χ1) is 13.5. The molecule has 0 amide bonds. The Morgan fingerprint density at radius 2 is 1.89 bits per heavy atom. The lowest BCUT2D eigenvalue weighted by Crippen LogP contribution is -2.47. The number of hydrogen-bond donors (Lipinski definition) is 2. The quantitative estimate of drug-likeness (QED) is 0.693. The summed E-state index contributed by atoms with van der Waals surface area (Å²) in [5.41, 5.74) is 1.18. The van der Waals surface area contributed by atoms with Crippen molar-refractivity contribution < 1.29 is 27.4 Å². The van der Waals surface area contributed by atoms with Gasteiger partial charge in [-0.1, -0.05) is 30.3 Å². The van der Waals surface area contributed by atoms with Crippen molar-refractivity contribution in [2.75, 3.05) is 20.4 Å². The zero-order chi connectivity index (χ0) is 20.0. The molecule has 2 aromatic rings. The summed E-state index contributed by atoms with van der Waals surface area (Å²) in [4.78, 5) is 0. The van der Waals surface area contributed by atoms with Gasteiger partial charge in [0, 0.05) is 18.2 Å². The third-order valence-corrected chi connectivity index (χ3v) is 4.56. The number of ether oxygens (including phenoxy) is 3. The van der Waals surface area contributed by atoms with E-state index in [0.717, 1.165) is 19.4 Å². The van der Waals surface area contributed by atoms with Crippen molar-refractivity contribution >= 4 is 0 Å². The Morgan fingerprint density at radius 3 is 2.61 bits per heavy atom. The van der Waals surface area contributed by atoms with E-state index >= 15 is 0 Å². The topological polar surface area (TPSA) is 51.8 Å². The third-order valence-electron chi connectivity index (χ3n) is 4.56. The molecule has 152 valence electrons. The molecule has 0 aliphatic carbocycles. The third kappa shape index (κ3) is 5.53. The van der Waals surface area contributed by atoms with E-state index in [1.807, 2.05) is 18.2 Å². The summed E-state index contributed by atoms with van der Waals surface area (Å²) in [7, 11) is 1.43. The molecular weight excluding hydrogens is 373 g/mol. The zero-order valence-corrected chi connectivity index (χ0v) is 15.5. The molecule has 0 saturated carbocycles. The summed E-state index contributed by atoms with van der Waals surface area (Å²) in [5, 5.41) is 6.84. The van der Waals surface area contributed by atoms with E-state index in [1.54, 1.807) is 0 Å². The van der Waals surface area contributed by atoms with Gasteiger partial charge in [0.2, 0.25) is 0 Å². The van der Waals surface area contributed by atoms with Gasteiger partial charge in [0.1, 0.15) is 12.5 Å². The molecule has 3 rings (SSSR count). The number of hydrogen-bond acceptors (Lipinski definition) is 5. The molecule has 1 fully saturated rings. The Balaban J connectivity index is 1.63. The van der Waals surface area contributed by atoms with Crippen LogP contribution in [0.4, 0.5) is 13.2 Å². The molecule has 2 unspecified atom stereocenters. The number of rotatable bonds is 7. The highest BCUT2D eigenvalue weighted by Crippen LogP contribution is 2.33. The average Bonchev–Trinajstić information content (AvgIpc) is 2.68. The SMILES string of the molecule is COc1ccc(OC(F)(F)F)cc1OCNC1CCCNC1c1ccccc1. The molecule has 2 atom stereocenters. The molecule has 0 spiro atoms. The highest BCUT2D eigenvalue weighted by atomic mass is 19.4. The minimum absolute atomic E-state index is 0.126. The lowest BCUT2D eigenvalue weighted by molar-refractivity contribution is -0.274. The van der Waals surface area contributed by atoms with E-state index < -0.39 is 6.36 Å². The van der Waals surface area contributed by atoms with Crippen molar-refractivity contribution in [1.29, 1.82) is 0 Å². The molecule has 0 radical (unpaired) electrons. The predicted molar refractivity (Wildman–Crippen MR) is 98.5 cm³/mol. The molecule has 28 heavy (non-hydrogen) atoms. The second kappa shape index (κ2) is 9.16. The van der Waals surface area contributed by atoms with Crippen LogP contribution in [-0.4, -0.2) is 32.8 Å². The van der Waals surface area contributed by atoms with Crippen LogP contribution in [0.1, 0.15) is 24.4 Å². The first-order valence-corrected chi connectivity index (χ1v) is 9.04. The van der Waals surface area contributed by atoms with E-state index in [2.05, 4.69) is 27.5 Å². The lowest BCUT2D eigenvalue weighted by Gasteiger charge is -2.33. The Hall–Kier alpha value is -2.45. The van der Waals surface area contributed by atoms with Gasteiger partial charge in [0.25, 0.3) is 0 Å². The fraction of sp³-hybridized carbons (Fsp3) is 0.400. The number of nitrogens with one attached hydrogen (secondary N) is 2. The molecule has 1 aliphatic rings. The van der Waals surface area contributed by atoms with Crippen molar-refractivity contribution in [3.05, 3.63) is 54.1 Å². The zero-order valence-electron chi connectivity index (χ0n) is 15.5. The van der Waals surface area contributed by atoms with Gasteiger partial charge in [0.15, 0.2) is 11.5 Å². The standard InChI is InChI=1S/C20H23F3N2O3/c1-26-17-10-9-15(28-20(21,22)23)12-18(17)27-13-25-16-8-5-11-24-19(16)14-6-3-2-4-7-14/h2-4,6-7,9-10,12,16,19,24-25H,5,8,11,13H2,1H3. The van der Waals surface area contributed by atoms with Crippen molar-refractivity contribution in [1.82, 2.24) is 10.6 Å². The monoisotopic (exact) mass is 396 g/mol. The largest absolute Gasteiger partial charge is 0.573 e. The highest BCUT2D eigenvalue weighted by Gasteiger charge is 2.31. The van der Waals surface area contributed by atoms with Crippen LogP contribution < -0.4 is 24.8 Å². The van der Waals surface area contributed by atoms with Crippen LogP contribution in [-0.2, 0) is 0 Å². The van der Waals surface area contributed by atoms with Gasteiger partial charge >= 0.3 is 6.36 Å². The van der Waals surface area contributed by atoms with Gasteiger partial charge < -0.3 is 19.5 Å². The van der Waals surface area contributed by atoms with Crippen molar-refractivity contribution in [3.8, 4) is 17.2 Å². The molecular formula is C20H23F3N2O3. The van der Waals surface area contributed by atoms with Gasteiger partial charge in [-0.05, 0) is 37.1 Å². The molecule has 1 saturated heterocycles. The van der Waals surface area contributed by atoms with Gasteiger partial charge in [-0.2, -0.15) is 0 Å². The van der Waals surface area contributed by atoms with Crippen LogP contribution in [0.5, 0.6) is 17.2 Å². The fourth-order valence-corrected chi connectivity index (χ4v) is 3.31. The summed E-state index contributed by atoms with van der Waals surface area (Å²) in [6, 6.07) is 14.1. The maximum Gasteiger partial charge on any atom is 0.573 e. The first kappa shape index (κ1) is 20.3. The molecule has 1 aliphatic heterocycles. The predicted octanol–water partition coefficient (Wildman–Crippen LogP) is 4.01. The summed E-state index contributed by atoms with van der Waals surface area (Å²) < 4.78 is 52.1. The number of halogens is 3. The fourth-order valence-electron chi connectivity index (χ4n) is 3.31. The maximum atomic E-state index is 12.4. The molecule has 0 aromatic heterocycles. The van der Waals surface area contributed by atoms with Crippen molar-refractivity contribution in [2.45, 2.75) is 31.3 Å². The Kier molecular flexibility index (Phi) is 6.64. The van der Waals surface area contributed by atoms with Crippen LogP contribution in [0.2, 0.25) is 0 Å². The van der Waals surface area contributed by atoms with Crippen LogP contribution in [0, 0.1) is 0 Å². The molecule has 5 nitrogen and oxygen atoms in total. The van der Waals surface area contributed by atoms with Crippen molar-refractivity contribution in [3.63, 3.8) is 0 Å². The highest BCUT2D eigenvalue weighted by molar-refractivity contribution is 5.45. The van der Waals surface area contributed by atoms with Gasteiger partial charge in [-0.25, -0.2) is 0 Å². The summed E-state index contributed by atoms with van der Waals surface area (Å²) in [6.45, 7) is 1.06. The van der Waals surface area contributed by atoms with Gasteiger partial charge in [-0.3, -0.25) is 5.32 Å². The minimum Gasteiger partial charge on any atom is -0.493 e. The van der Waals surface area contributed by atoms with Crippen LogP contribution in [0.25, 0.3) is 0 Å². The van der Waals surface area contributed by atoms with Crippen LogP contribution in [0.15, 0.2) is 48.5 Å². The van der Waals surface area contributed by atoms with Gasteiger partial charge in [0.05, 0.1) is 7.11 Å². The van der Waals surface area contributed by atoms with Crippen molar-refractivity contribution in [2.24, 2.45) is 0 Å². The summed E-state index contributed by atoms with van der Waals surface area (Å²) in [6.07, 6.45) is -2.77. The van der Waals surface area contributed by atoms with E-state index in [9.17, 15) is 13.2 Å². The van der Waals surface area contributed by atoms with Crippen LogP contribution >= 0.6 is 0 Å². The minimum atomic E-state index is -4.76. The Labute approximate surface area is 161 Å². The molecule has 2 aromatic carbocycles. The lowest BCUT2D eigenvalue weighted by atomic mass is 9.92. The first-order valence-electron chi connectivity index (χ1n) is 9.04. The van der Waals surface area contributed by atoms with E-state index in [0.29, 0.717) is 5.75 Å². The molecule has 2 N–H and O–H groups in total. The molecule has 1 heterocycles. The number of piperidine rings is 1. The molecule has 0 bridgehead atoms. The van der Waals surface area contributed by atoms with Gasteiger partial charge in [-0.15, -0.1) is 13.2 Å². The van der Waals surface area contributed by atoms with E-state index in [4.69, 9.17) is 9.47 Å². The Morgan fingerprint density at radius 1 is 1.11 bits per heavy atom.